The molecule has 3 rings (SSSR count). The molecule has 0 amide bonds. The number of fused-ring (bicyclic) bond motifs is 1. The summed E-state index contributed by atoms with van der Waals surface area (Å²) in [5.41, 5.74) is 1.05. The van der Waals surface area contributed by atoms with E-state index in [0.29, 0.717) is 6.42 Å². The first-order valence-electron chi connectivity index (χ1n) is 6.07. The molecule has 2 fully saturated rings. The lowest BCUT2D eigenvalue weighted by Crippen LogP contribution is -2.46. The van der Waals surface area contributed by atoms with Crippen molar-refractivity contribution in [3.8, 4) is 0 Å². The van der Waals surface area contributed by atoms with E-state index in [4.69, 9.17) is 14.7 Å². The Balaban J connectivity index is 1.86. The lowest BCUT2D eigenvalue weighted by Gasteiger charge is -2.34. The van der Waals surface area contributed by atoms with Crippen LogP contribution in [0.1, 0.15) is 18.0 Å². The third-order valence-electron chi connectivity index (χ3n) is 3.41. The van der Waals surface area contributed by atoms with Gasteiger partial charge in [0.25, 0.3) is 0 Å². The van der Waals surface area contributed by atoms with Gasteiger partial charge in [-0.25, -0.2) is 0 Å². The van der Waals surface area contributed by atoms with Crippen LogP contribution in [0.2, 0.25) is 0 Å². The van der Waals surface area contributed by atoms with E-state index in [9.17, 15) is 4.79 Å². The van der Waals surface area contributed by atoms with Gasteiger partial charge in [-0.1, -0.05) is 30.3 Å². The summed E-state index contributed by atoms with van der Waals surface area (Å²) in [5.74, 6) is -0.266. The second-order valence-electron chi connectivity index (χ2n) is 4.58. The summed E-state index contributed by atoms with van der Waals surface area (Å²) < 4.78 is 5.21. The van der Waals surface area contributed by atoms with Gasteiger partial charge in [0.1, 0.15) is 18.8 Å². The van der Waals surface area contributed by atoms with Crippen molar-refractivity contribution < 1.29 is 19.5 Å². The lowest BCUT2D eigenvalue weighted by atomic mass is 10.0. The minimum Gasteiger partial charge on any atom is -0.462 e. The zero-order valence-corrected chi connectivity index (χ0v) is 9.86. The maximum absolute atomic E-state index is 11.7. The fraction of sp³-hybridized carbons (Fsp3) is 0.462. The van der Waals surface area contributed by atoms with E-state index in [0.717, 1.165) is 5.56 Å². The van der Waals surface area contributed by atoms with Gasteiger partial charge in [0.15, 0.2) is 0 Å². The minimum atomic E-state index is -0.402. The van der Waals surface area contributed by atoms with Crippen molar-refractivity contribution >= 4 is 5.97 Å². The molecule has 0 bridgehead atoms. The van der Waals surface area contributed by atoms with E-state index in [-0.39, 0.29) is 31.3 Å². The van der Waals surface area contributed by atoms with Gasteiger partial charge in [0, 0.05) is 6.42 Å². The van der Waals surface area contributed by atoms with E-state index < -0.39 is 6.04 Å². The Hall–Kier alpha value is -1.43. The largest absolute Gasteiger partial charge is 0.462 e. The molecule has 0 aliphatic carbocycles. The number of hydrogen-bond donors (Lipinski definition) is 1. The standard InChI is InChI=1S/C13H15NO4/c15-7-10-6-11-13(16)17-8-12(14(11)18-10)9-4-2-1-3-5-9/h1-5,10-12,15H,6-8H2/t10-,11-,12+/m0/s1. The van der Waals surface area contributed by atoms with E-state index >= 15 is 0 Å². The van der Waals surface area contributed by atoms with Gasteiger partial charge in [-0.05, 0) is 5.56 Å². The summed E-state index contributed by atoms with van der Waals surface area (Å²) in [6, 6.07) is 9.30. The highest BCUT2D eigenvalue weighted by molar-refractivity contribution is 5.76. The van der Waals surface area contributed by atoms with Gasteiger partial charge in [-0.2, -0.15) is 5.06 Å². The average molecular weight is 249 g/mol. The number of aliphatic hydroxyl groups excluding tert-OH is 1. The molecule has 5 nitrogen and oxygen atoms in total. The molecule has 0 unspecified atom stereocenters. The second kappa shape index (κ2) is 4.68. The van der Waals surface area contributed by atoms with Gasteiger partial charge in [-0.3, -0.25) is 9.63 Å². The van der Waals surface area contributed by atoms with Crippen LogP contribution in [0, 0.1) is 0 Å². The highest BCUT2D eigenvalue weighted by Gasteiger charge is 2.46. The molecular weight excluding hydrogens is 234 g/mol. The Kier molecular flexibility index (Phi) is 3.03. The molecule has 0 radical (unpaired) electrons. The minimum absolute atomic E-state index is 0.0816. The molecule has 18 heavy (non-hydrogen) atoms. The molecule has 2 saturated heterocycles. The topological polar surface area (TPSA) is 59.0 Å². The van der Waals surface area contributed by atoms with Gasteiger partial charge in [-0.15, -0.1) is 0 Å². The Morgan fingerprint density at radius 1 is 1.28 bits per heavy atom. The first-order valence-corrected chi connectivity index (χ1v) is 6.07. The molecule has 1 aromatic rings. The van der Waals surface area contributed by atoms with Crippen molar-refractivity contribution in [1.29, 1.82) is 0 Å². The summed E-state index contributed by atoms with van der Waals surface area (Å²) >= 11 is 0. The molecule has 3 atom stereocenters. The molecule has 96 valence electrons. The van der Waals surface area contributed by atoms with Crippen molar-refractivity contribution in [1.82, 2.24) is 5.06 Å². The summed E-state index contributed by atoms with van der Waals surface area (Å²) in [7, 11) is 0. The molecule has 1 aromatic carbocycles. The Labute approximate surface area is 105 Å². The zero-order chi connectivity index (χ0) is 12.5. The fourth-order valence-corrected chi connectivity index (χ4v) is 2.49. The predicted octanol–water partition coefficient (Wildman–Crippen LogP) is 0.651. The van der Waals surface area contributed by atoms with Crippen LogP contribution in [-0.4, -0.2) is 41.5 Å². The fourth-order valence-electron chi connectivity index (χ4n) is 2.49. The van der Waals surface area contributed by atoms with E-state index in [1.807, 2.05) is 30.3 Å². The highest BCUT2D eigenvalue weighted by atomic mass is 16.7. The van der Waals surface area contributed by atoms with Gasteiger partial charge >= 0.3 is 5.97 Å². The summed E-state index contributed by atoms with van der Waals surface area (Å²) in [6.07, 6.45) is 0.172. The van der Waals surface area contributed by atoms with Crippen LogP contribution in [0.3, 0.4) is 0 Å². The Morgan fingerprint density at radius 2 is 2.06 bits per heavy atom. The van der Waals surface area contributed by atoms with Crippen LogP contribution in [0.25, 0.3) is 0 Å². The molecule has 2 heterocycles. The second-order valence-corrected chi connectivity index (χ2v) is 4.58. The summed E-state index contributed by atoms with van der Waals surface area (Å²) in [6.45, 7) is 0.208. The monoisotopic (exact) mass is 249 g/mol. The molecule has 2 aliphatic heterocycles. The van der Waals surface area contributed by atoms with Crippen LogP contribution in [0.5, 0.6) is 0 Å². The SMILES string of the molecule is O=C1OC[C@H](c2ccccc2)N2O[C@H](CO)C[C@@H]12. The van der Waals surface area contributed by atoms with Crippen molar-refractivity contribution in [2.75, 3.05) is 13.2 Å². The van der Waals surface area contributed by atoms with Crippen molar-refractivity contribution in [3.63, 3.8) is 0 Å². The first-order chi connectivity index (χ1) is 8.79. The van der Waals surface area contributed by atoms with Gasteiger partial charge < -0.3 is 9.84 Å². The number of hydrogen-bond acceptors (Lipinski definition) is 5. The van der Waals surface area contributed by atoms with Gasteiger partial charge in [0.2, 0.25) is 0 Å². The van der Waals surface area contributed by atoms with Crippen LogP contribution >= 0.6 is 0 Å². The van der Waals surface area contributed by atoms with Crippen LogP contribution in [0.15, 0.2) is 30.3 Å². The Bertz CT molecular complexity index is 436. The van der Waals surface area contributed by atoms with Crippen molar-refractivity contribution in [3.05, 3.63) is 35.9 Å². The molecule has 1 N–H and O–H groups in total. The molecule has 2 aliphatic rings. The quantitative estimate of drug-likeness (QED) is 0.780. The number of morpholine rings is 1. The number of carbonyl (C=O) groups is 1. The Morgan fingerprint density at radius 3 is 2.78 bits per heavy atom. The van der Waals surface area contributed by atoms with Crippen molar-refractivity contribution in [2.24, 2.45) is 0 Å². The summed E-state index contributed by atoms with van der Waals surface area (Å²) in [5, 5.41) is 10.8. The number of nitrogens with zero attached hydrogens (tertiary/aromatic N) is 1. The van der Waals surface area contributed by atoms with Crippen LogP contribution in [-0.2, 0) is 14.4 Å². The number of benzene rings is 1. The molecule has 0 saturated carbocycles. The number of carbonyl (C=O) groups excluding carboxylic acids is 1. The number of cyclic esters (lactones) is 1. The highest BCUT2D eigenvalue weighted by Crippen LogP contribution is 2.35. The first kappa shape index (κ1) is 11.6. The predicted molar refractivity (Wildman–Crippen MR) is 62.3 cm³/mol. The number of ether oxygens (including phenoxy) is 1. The molecule has 5 heteroatoms. The molecular formula is C13H15NO4. The average Bonchev–Trinajstić information content (AvgIpc) is 2.85. The lowest BCUT2D eigenvalue weighted by molar-refractivity contribution is -0.230. The smallest absolute Gasteiger partial charge is 0.325 e. The normalized spacial score (nSPS) is 32.1. The number of aliphatic hydroxyl groups is 1. The summed E-state index contributed by atoms with van der Waals surface area (Å²) in [4.78, 5) is 17.3. The zero-order valence-electron chi connectivity index (χ0n) is 9.86. The van der Waals surface area contributed by atoms with Gasteiger partial charge in [0.05, 0.1) is 12.6 Å². The van der Waals surface area contributed by atoms with Crippen LogP contribution in [0.4, 0.5) is 0 Å². The van der Waals surface area contributed by atoms with E-state index in [2.05, 4.69) is 0 Å². The maximum Gasteiger partial charge on any atom is 0.325 e. The maximum atomic E-state index is 11.7. The number of hydroxylamine groups is 2. The molecule has 0 aromatic heterocycles. The third-order valence-corrected chi connectivity index (χ3v) is 3.41. The van der Waals surface area contributed by atoms with E-state index in [1.165, 1.54) is 0 Å². The third kappa shape index (κ3) is 1.90. The van der Waals surface area contributed by atoms with E-state index in [1.54, 1.807) is 5.06 Å². The number of rotatable bonds is 2. The van der Waals surface area contributed by atoms with Crippen LogP contribution < -0.4 is 0 Å². The van der Waals surface area contributed by atoms with Crippen molar-refractivity contribution in [2.45, 2.75) is 24.6 Å². The molecule has 0 spiro atoms. The number of esters is 1.